The summed E-state index contributed by atoms with van der Waals surface area (Å²) in [6.07, 6.45) is 0.925. The molecule has 1 unspecified atom stereocenters. The molecule has 10 heavy (non-hydrogen) atoms. The van der Waals surface area contributed by atoms with E-state index in [0.717, 1.165) is 6.42 Å². The monoisotopic (exact) mass is 145 g/mol. The molecule has 0 saturated heterocycles. The Labute approximate surface area is 63.4 Å². The molecule has 2 atom stereocenters. The Morgan fingerprint density at radius 2 is 1.80 bits per heavy atom. The highest BCUT2D eigenvalue weighted by molar-refractivity contribution is 4.67. The molecule has 0 aliphatic rings. The summed E-state index contributed by atoms with van der Waals surface area (Å²) in [7, 11) is 0. The second-order valence-electron chi connectivity index (χ2n) is 3.43. The van der Waals surface area contributed by atoms with Gasteiger partial charge < -0.3 is 10.8 Å². The fraction of sp³-hybridized carbons (Fsp3) is 1.00. The Hall–Kier alpha value is -0.0800. The second kappa shape index (κ2) is 4.69. The van der Waals surface area contributed by atoms with Crippen molar-refractivity contribution in [2.45, 2.75) is 33.2 Å². The van der Waals surface area contributed by atoms with Gasteiger partial charge in [-0.3, -0.25) is 0 Å². The minimum absolute atomic E-state index is 0.238. The van der Waals surface area contributed by atoms with Crippen molar-refractivity contribution >= 4 is 0 Å². The van der Waals surface area contributed by atoms with E-state index in [2.05, 4.69) is 13.8 Å². The van der Waals surface area contributed by atoms with Crippen molar-refractivity contribution in [1.82, 2.24) is 0 Å². The number of nitrogens with two attached hydrogens (primary N) is 1. The molecule has 0 amide bonds. The third kappa shape index (κ3) is 3.85. The van der Waals surface area contributed by atoms with E-state index in [1.807, 2.05) is 6.92 Å². The minimum Gasteiger partial charge on any atom is -0.396 e. The van der Waals surface area contributed by atoms with Gasteiger partial charge in [-0.15, -0.1) is 0 Å². The molecule has 62 valence electrons. The number of aliphatic hydroxyl groups excluding tert-OH is 1. The summed E-state index contributed by atoms with van der Waals surface area (Å²) < 4.78 is 0. The van der Waals surface area contributed by atoms with Gasteiger partial charge >= 0.3 is 0 Å². The average Bonchev–Trinajstić information content (AvgIpc) is 1.87. The second-order valence-corrected chi connectivity index (χ2v) is 3.43. The van der Waals surface area contributed by atoms with Crippen LogP contribution in [-0.4, -0.2) is 17.8 Å². The predicted octanol–water partition coefficient (Wildman–Crippen LogP) is 0.988. The molecule has 0 spiro atoms. The molecule has 0 aliphatic heterocycles. The lowest BCUT2D eigenvalue weighted by Gasteiger charge is -2.18. The molecular formula is C8H19NO. The normalized spacial score (nSPS) is 17.4. The van der Waals surface area contributed by atoms with Crippen molar-refractivity contribution in [3.63, 3.8) is 0 Å². The Kier molecular flexibility index (Phi) is 4.65. The molecule has 0 heterocycles. The van der Waals surface area contributed by atoms with Crippen LogP contribution in [0.3, 0.4) is 0 Å². The van der Waals surface area contributed by atoms with Crippen molar-refractivity contribution in [3.05, 3.63) is 0 Å². The molecular weight excluding hydrogens is 126 g/mol. The topological polar surface area (TPSA) is 46.2 Å². The zero-order valence-corrected chi connectivity index (χ0v) is 7.17. The van der Waals surface area contributed by atoms with Crippen molar-refractivity contribution < 1.29 is 5.11 Å². The van der Waals surface area contributed by atoms with Crippen molar-refractivity contribution in [2.24, 2.45) is 17.6 Å². The lowest BCUT2D eigenvalue weighted by molar-refractivity contribution is 0.216. The molecule has 0 saturated carbocycles. The van der Waals surface area contributed by atoms with E-state index in [0.29, 0.717) is 11.8 Å². The van der Waals surface area contributed by atoms with Gasteiger partial charge in [-0.2, -0.15) is 0 Å². The third-order valence-corrected chi connectivity index (χ3v) is 1.84. The standard InChI is InChI=1S/C8H19NO/c1-6(2)8(9)4-7(3)5-10/h6-8,10H,4-5,9H2,1-3H3/t7?,8-/m1/s1. The van der Waals surface area contributed by atoms with Crippen LogP contribution in [0.5, 0.6) is 0 Å². The number of hydrogen-bond donors (Lipinski definition) is 2. The lowest BCUT2D eigenvalue weighted by atomic mass is 9.95. The van der Waals surface area contributed by atoms with E-state index in [4.69, 9.17) is 10.8 Å². The van der Waals surface area contributed by atoms with Gasteiger partial charge in [0.25, 0.3) is 0 Å². The Morgan fingerprint density at radius 3 is 2.10 bits per heavy atom. The first-order valence-electron chi connectivity index (χ1n) is 3.94. The van der Waals surface area contributed by atoms with Gasteiger partial charge in [-0.1, -0.05) is 20.8 Å². The van der Waals surface area contributed by atoms with Gasteiger partial charge in [0, 0.05) is 12.6 Å². The fourth-order valence-electron chi connectivity index (χ4n) is 0.811. The Morgan fingerprint density at radius 1 is 1.30 bits per heavy atom. The minimum atomic E-state index is 0.238. The fourth-order valence-corrected chi connectivity index (χ4v) is 0.811. The average molecular weight is 145 g/mol. The van der Waals surface area contributed by atoms with Crippen LogP contribution in [0, 0.1) is 11.8 Å². The van der Waals surface area contributed by atoms with Crippen molar-refractivity contribution in [1.29, 1.82) is 0 Å². The van der Waals surface area contributed by atoms with E-state index < -0.39 is 0 Å². The van der Waals surface area contributed by atoms with Crippen LogP contribution in [0.4, 0.5) is 0 Å². The molecule has 0 aliphatic carbocycles. The number of rotatable bonds is 4. The quantitative estimate of drug-likeness (QED) is 0.619. The maximum absolute atomic E-state index is 8.71. The molecule has 0 rings (SSSR count). The maximum Gasteiger partial charge on any atom is 0.0457 e. The SMILES string of the molecule is CC(CO)C[C@@H](N)C(C)C. The molecule has 3 N–H and O–H groups in total. The first kappa shape index (κ1) is 9.92. The Bertz CT molecular complexity index is 83.3. The Balaban J connectivity index is 3.46. The summed E-state index contributed by atoms with van der Waals surface area (Å²) in [4.78, 5) is 0. The van der Waals surface area contributed by atoms with Gasteiger partial charge in [-0.05, 0) is 18.3 Å². The summed E-state index contributed by atoms with van der Waals surface area (Å²) in [6, 6.07) is 0.238. The van der Waals surface area contributed by atoms with E-state index in [9.17, 15) is 0 Å². The lowest BCUT2D eigenvalue weighted by Crippen LogP contribution is -2.29. The molecule has 0 fully saturated rings. The highest BCUT2D eigenvalue weighted by atomic mass is 16.3. The van der Waals surface area contributed by atoms with Crippen LogP contribution in [0.25, 0.3) is 0 Å². The van der Waals surface area contributed by atoms with Gasteiger partial charge in [0.1, 0.15) is 0 Å². The summed E-state index contributed by atoms with van der Waals surface area (Å²) >= 11 is 0. The molecule has 0 bridgehead atoms. The van der Waals surface area contributed by atoms with E-state index >= 15 is 0 Å². The van der Waals surface area contributed by atoms with Gasteiger partial charge in [0.2, 0.25) is 0 Å². The van der Waals surface area contributed by atoms with Crippen molar-refractivity contribution in [2.75, 3.05) is 6.61 Å². The molecule has 0 aromatic heterocycles. The summed E-state index contributed by atoms with van der Waals surface area (Å²) in [5.74, 6) is 0.867. The summed E-state index contributed by atoms with van der Waals surface area (Å²) in [5.41, 5.74) is 5.78. The van der Waals surface area contributed by atoms with Gasteiger partial charge in [-0.25, -0.2) is 0 Å². The van der Waals surface area contributed by atoms with Crippen LogP contribution >= 0.6 is 0 Å². The largest absolute Gasteiger partial charge is 0.396 e. The van der Waals surface area contributed by atoms with E-state index in [1.54, 1.807) is 0 Å². The van der Waals surface area contributed by atoms with Crippen LogP contribution in [0.2, 0.25) is 0 Å². The molecule has 2 heteroatoms. The van der Waals surface area contributed by atoms with E-state index in [-0.39, 0.29) is 12.6 Å². The first-order chi connectivity index (χ1) is 4.57. The summed E-state index contributed by atoms with van der Waals surface area (Å²) in [6.45, 7) is 6.48. The maximum atomic E-state index is 8.71. The summed E-state index contributed by atoms with van der Waals surface area (Å²) in [5, 5.41) is 8.71. The van der Waals surface area contributed by atoms with Gasteiger partial charge in [0.15, 0.2) is 0 Å². The highest BCUT2D eigenvalue weighted by Crippen LogP contribution is 2.09. The molecule has 2 nitrogen and oxygen atoms in total. The van der Waals surface area contributed by atoms with Crippen LogP contribution in [0.15, 0.2) is 0 Å². The predicted molar refractivity (Wildman–Crippen MR) is 43.7 cm³/mol. The number of aliphatic hydroxyl groups is 1. The molecule has 0 aromatic carbocycles. The smallest absolute Gasteiger partial charge is 0.0457 e. The highest BCUT2D eigenvalue weighted by Gasteiger charge is 2.10. The van der Waals surface area contributed by atoms with E-state index in [1.165, 1.54) is 0 Å². The zero-order chi connectivity index (χ0) is 8.15. The first-order valence-corrected chi connectivity index (χ1v) is 3.94. The van der Waals surface area contributed by atoms with Crippen LogP contribution in [0.1, 0.15) is 27.2 Å². The van der Waals surface area contributed by atoms with Gasteiger partial charge in [0.05, 0.1) is 0 Å². The number of hydrogen-bond acceptors (Lipinski definition) is 2. The van der Waals surface area contributed by atoms with Crippen LogP contribution in [-0.2, 0) is 0 Å². The molecule has 0 radical (unpaired) electrons. The van der Waals surface area contributed by atoms with Crippen molar-refractivity contribution in [3.8, 4) is 0 Å². The van der Waals surface area contributed by atoms with Crippen LogP contribution < -0.4 is 5.73 Å². The zero-order valence-electron chi connectivity index (χ0n) is 7.17. The third-order valence-electron chi connectivity index (χ3n) is 1.84. The molecule has 0 aromatic rings.